The number of halogens is 2. The van der Waals surface area contributed by atoms with E-state index in [9.17, 15) is 9.18 Å². The Labute approximate surface area is 166 Å². The van der Waals surface area contributed by atoms with E-state index >= 15 is 0 Å². The summed E-state index contributed by atoms with van der Waals surface area (Å²) in [7, 11) is 1.67. The number of hydrogen-bond acceptors (Lipinski definition) is 2. The molecule has 0 saturated heterocycles. The van der Waals surface area contributed by atoms with Gasteiger partial charge in [0.25, 0.3) is 0 Å². The molecule has 1 aliphatic carbocycles. The lowest BCUT2D eigenvalue weighted by Crippen LogP contribution is -2.40. The molecule has 2 rings (SSSR count). The van der Waals surface area contributed by atoms with Crippen molar-refractivity contribution in [3.05, 3.63) is 35.1 Å². The van der Waals surface area contributed by atoms with Gasteiger partial charge in [0.1, 0.15) is 5.82 Å². The van der Waals surface area contributed by atoms with Crippen molar-refractivity contribution in [1.82, 2.24) is 16.0 Å². The molecule has 0 atom stereocenters. The van der Waals surface area contributed by atoms with E-state index in [0.29, 0.717) is 37.1 Å². The Morgan fingerprint density at radius 1 is 1.28 bits per heavy atom. The standard InChI is InChI=1S/C18H27FN4O.HI/c1-13-7-8-14(11-16(13)19)12-22-18(20-2)21-10-9-17(24)23-15-5-3-4-6-15;/h7-8,11,15H,3-6,9-10,12H2,1-2H3,(H,23,24)(H2,20,21,22);1H. The van der Waals surface area contributed by atoms with Gasteiger partial charge >= 0.3 is 0 Å². The van der Waals surface area contributed by atoms with E-state index in [1.54, 1.807) is 20.0 Å². The van der Waals surface area contributed by atoms with E-state index in [1.807, 2.05) is 6.07 Å². The molecule has 0 unspecified atom stereocenters. The summed E-state index contributed by atoms with van der Waals surface area (Å²) >= 11 is 0. The average molecular weight is 462 g/mol. The first-order valence-electron chi connectivity index (χ1n) is 8.57. The first kappa shape index (κ1) is 21.7. The lowest BCUT2D eigenvalue weighted by atomic mass is 10.1. The van der Waals surface area contributed by atoms with Crippen molar-refractivity contribution >= 4 is 35.8 Å². The molecule has 0 bridgehead atoms. The maximum absolute atomic E-state index is 13.5. The van der Waals surface area contributed by atoms with Gasteiger partial charge in [0.15, 0.2) is 5.96 Å². The van der Waals surface area contributed by atoms with Crippen LogP contribution in [0.3, 0.4) is 0 Å². The van der Waals surface area contributed by atoms with Gasteiger partial charge in [-0.2, -0.15) is 0 Å². The molecular formula is C18H28FIN4O. The van der Waals surface area contributed by atoms with Gasteiger partial charge in [-0.05, 0) is 37.0 Å². The molecule has 0 heterocycles. The van der Waals surface area contributed by atoms with Crippen molar-refractivity contribution in [2.75, 3.05) is 13.6 Å². The van der Waals surface area contributed by atoms with Crippen molar-refractivity contribution < 1.29 is 9.18 Å². The Morgan fingerprint density at radius 2 is 2.00 bits per heavy atom. The van der Waals surface area contributed by atoms with Crippen LogP contribution in [0.1, 0.15) is 43.2 Å². The number of carbonyl (C=O) groups excluding carboxylic acids is 1. The highest BCUT2D eigenvalue weighted by Gasteiger charge is 2.16. The molecule has 0 radical (unpaired) electrons. The Hall–Kier alpha value is -1.38. The maximum Gasteiger partial charge on any atom is 0.221 e. The van der Waals surface area contributed by atoms with E-state index in [2.05, 4.69) is 20.9 Å². The minimum atomic E-state index is -0.208. The second-order valence-corrected chi connectivity index (χ2v) is 6.23. The number of nitrogens with one attached hydrogen (secondary N) is 3. The van der Waals surface area contributed by atoms with Crippen LogP contribution in [0.15, 0.2) is 23.2 Å². The topological polar surface area (TPSA) is 65.5 Å². The third-order valence-electron chi connectivity index (χ3n) is 4.28. The Kier molecular flexibility index (Phi) is 9.77. The van der Waals surface area contributed by atoms with Gasteiger partial charge in [-0.3, -0.25) is 9.79 Å². The van der Waals surface area contributed by atoms with Crippen LogP contribution in [0.2, 0.25) is 0 Å². The molecule has 3 N–H and O–H groups in total. The molecule has 1 saturated carbocycles. The molecule has 140 valence electrons. The monoisotopic (exact) mass is 462 g/mol. The molecule has 0 aliphatic heterocycles. The highest BCUT2D eigenvalue weighted by Crippen LogP contribution is 2.17. The van der Waals surface area contributed by atoms with Gasteiger partial charge in [-0.1, -0.05) is 25.0 Å². The van der Waals surface area contributed by atoms with Crippen molar-refractivity contribution in [3.8, 4) is 0 Å². The van der Waals surface area contributed by atoms with Crippen molar-refractivity contribution in [3.63, 3.8) is 0 Å². The van der Waals surface area contributed by atoms with Crippen LogP contribution in [0.5, 0.6) is 0 Å². The zero-order chi connectivity index (χ0) is 17.4. The van der Waals surface area contributed by atoms with Gasteiger partial charge in [-0.25, -0.2) is 4.39 Å². The molecule has 1 fully saturated rings. The number of nitrogens with zero attached hydrogens (tertiary/aromatic N) is 1. The molecule has 1 aliphatic rings. The van der Waals surface area contributed by atoms with E-state index in [1.165, 1.54) is 18.9 Å². The predicted molar refractivity (Wildman–Crippen MR) is 110 cm³/mol. The van der Waals surface area contributed by atoms with E-state index in [0.717, 1.165) is 18.4 Å². The van der Waals surface area contributed by atoms with Crippen LogP contribution in [0.4, 0.5) is 4.39 Å². The zero-order valence-corrected chi connectivity index (χ0v) is 17.2. The van der Waals surface area contributed by atoms with Crippen LogP contribution >= 0.6 is 24.0 Å². The number of benzene rings is 1. The molecule has 0 spiro atoms. The van der Waals surface area contributed by atoms with Crippen LogP contribution < -0.4 is 16.0 Å². The number of carbonyl (C=O) groups is 1. The lowest BCUT2D eigenvalue weighted by Gasteiger charge is -2.14. The smallest absolute Gasteiger partial charge is 0.221 e. The van der Waals surface area contributed by atoms with E-state index in [-0.39, 0.29) is 35.7 Å². The fraction of sp³-hybridized carbons (Fsp3) is 0.556. The van der Waals surface area contributed by atoms with Gasteiger partial charge in [0.05, 0.1) is 0 Å². The fourth-order valence-electron chi connectivity index (χ4n) is 2.82. The minimum absolute atomic E-state index is 0. The first-order chi connectivity index (χ1) is 11.6. The lowest BCUT2D eigenvalue weighted by molar-refractivity contribution is -0.121. The van der Waals surface area contributed by atoms with Crippen LogP contribution in [-0.2, 0) is 11.3 Å². The number of guanidine groups is 1. The summed E-state index contributed by atoms with van der Waals surface area (Å²) in [5.74, 6) is 0.468. The normalized spacial score (nSPS) is 14.8. The molecule has 0 aromatic heterocycles. The summed E-state index contributed by atoms with van der Waals surface area (Å²) < 4.78 is 13.5. The molecular weight excluding hydrogens is 434 g/mol. The Bertz CT molecular complexity index is 588. The number of aliphatic imine (C=N–C) groups is 1. The zero-order valence-electron chi connectivity index (χ0n) is 14.9. The second-order valence-electron chi connectivity index (χ2n) is 6.23. The number of hydrogen-bond donors (Lipinski definition) is 3. The summed E-state index contributed by atoms with van der Waals surface area (Å²) in [4.78, 5) is 16.0. The summed E-state index contributed by atoms with van der Waals surface area (Å²) in [5.41, 5.74) is 1.48. The Balaban J connectivity index is 0.00000312. The predicted octanol–water partition coefficient (Wildman–Crippen LogP) is 2.87. The summed E-state index contributed by atoms with van der Waals surface area (Å²) in [6.45, 7) is 2.73. The second kappa shape index (κ2) is 11.3. The third-order valence-corrected chi connectivity index (χ3v) is 4.28. The molecule has 1 amide bonds. The Morgan fingerprint density at radius 3 is 2.64 bits per heavy atom. The van der Waals surface area contributed by atoms with E-state index in [4.69, 9.17) is 0 Å². The van der Waals surface area contributed by atoms with Crippen LogP contribution in [0.25, 0.3) is 0 Å². The first-order valence-corrected chi connectivity index (χ1v) is 8.57. The highest BCUT2D eigenvalue weighted by atomic mass is 127. The number of aryl methyl sites for hydroxylation is 1. The average Bonchev–Trinajstić information content (AvgIpc) is 3.06. The van der Waals surface area contributed by atoms with Gasteiger partial charge in [0.2, 0.25) is 5.91 Å². The SMILES string of the molecule is CN=C(NCCC(=O)NC1CCCC1)NCc1ccc(C)c(F)c1.I. The fourth-order valence-corrected chi connectivity index (χ4v) is 2.82. The molecule has 1 aromatic carbocycles. The summed E-state index contributed by atoms with van der Waals surface area (Å²) in [6.07, 6.45) is 5.01. The molecule has 1 aromatic rings. The number of rotatable bonds is 6. The molecule has 7 heteroatoms. The van der Waals surface area contributed by atoms with Gasteiger partial charge < -0.3 is 16.0 Å². The van der Waals surface area contributed by atoms with Crippen LogP contribution in [0, 0.1) is 12.7 Å². The quantitative estimate of drug-likeness (QED) is 0.346. The number of amides is 1. The molecule has 25 heavy (non-hydrogen) atoms. The summed E-state index contributed by atoms with van der Waals surface area (Å²) in [5, 5.41) is 9.28. The van der Waals surface area contributed by atoms with Gasteiger partial charge in [0, 0.05) is 32.6 Å². The molecule has 5 nitrogen and oxygen atoms in total. The van der Waals surface area contributed by atoms with Crippen LogP contribution in [-0.4, -0.2) is 31.5 Å². The van der Waals surface area contributed by atoms with Gasteiger partial charge in [-0.15, -0.1) is 24.0 Å². The highest BCUT2D eigenvalue weighted by molar-refractivity contribution is 14.0. The largest absolute Gasteiger partial charge is 0.356 e. The maximum atomic E-state index is 13.5. The van der Waals surface area contributed by atoms with Crippen molar-refractivity contribution in [2.24, 2.45) is 4.99 Å². The summed E-state index contributed by atoms with van der Waals surface area (Å²) in [6, 6.07) is 5.51. The van der Waals surface area contributed by atoms with Crippen molar-refractivity contribution in [2.45, 2.75) is 51.6 Å². The third kappa shape index (κ3) is 7.58. The van der Waals surface area contributed by atoms with E-state index < -0.39 is 0 Å². The van der Waals surface area contributed by atoms with Crippen molar-refractivity contribution in [1.29, 1.82) is 0 Å². The minimum Gasteiger partial charge on any atom is -0.356 e.